The summed E-state index contributed by atoms with van der Waals surface area (Å²) in [6, 6.07) is 17.1. The second-order valence-electron chi connectivity index (χ2n) is 9.92. The van der Waals surface area contributed by atoms with Gasteiger partial charge in [-0.15, -0.1) is 0 Å². The Labute approximate surface area is 216 Å². The second-order valence-corrected chi connectivity index (χ2v) is 9.92. The molecule has 0 unspecified atom stereocenters. The van der Waals surface area contributed by atoms with Crippen LogP contribution in [0.3, 0.4) is 0 Å². The van der Waals surface area contributed by atoms with Gasteiger partial charge in [-0.25, -0.2) is 0 Å². The molecule has 1 atom stereocenters. The van der Waals surface area contributed by atoms with Gasteiger partial charge in [0.2, 0.25) is 5.89 Å². The Morgan fingerprint density at radius 1 is 1.08 bits per heavy atom. The van der Waals surface area contributed by atoms with E-state index in [1.807, 2.05) is 75.4 Å². The molecule has 4 rings (SSSR count). The van der Waals surface area contributed by atoms with Crippen LogP contribution in [0.25, 0.3) is 11.1 Å². The van der Waals surface area contributed by atoms with Gasteiger partial charge in [-0.1, -0.05) is 52.8 Å². The molecule has 0 saturated carbocycles. The zero-order chi connectivity index (χ0) is 26.4. The molecule has 0 radical (unpaired) electrons. The number of hydrogen-bond acceptors (Lipinski definition) is 8. The Bertz CT molecular complexity index is 1250. The first-order valence-electron chi connectivity index (χ1n) is 12.3. The van der Waals surface area contributed by atoms with Crippen molar-refractivity contribution in [3.63, 3.8) is 0 Å². The largest absolute Gasteiger partial charge is 0.460 e. The number of rotatable bonds is 8. The van der Waals surface area contributed by atoms with Gasteiger partial charge in [-0.3, -0.25) is 9.59 Å². The van der Waals surface area contributed by atoms with Crippen LogP contribution in [0, 0.1) is 0 Å². The Balaban J connectivity index is 1.45. The lowest BCUT2D eigenvalue weighted by molar-refractivity contribution is -0.154. The maximum atomic E-state index is 13.5. The minimum atomic E-state index is -0.517. The molecule has 3 aromatic rings. The predicted molar refractivity (Wildman–Crippen MR) is 138 cm³/mol. The number of aromatic nitrogens is 2. The summed E-state index contributed by atoms with van der Waals surface area (Å²) in [5, 5.41) is 8.21. The van der Waals surface area contributed by atoms with Crippen LogP contribution in [0.4, 0.5) is 0 Å². The number of carbonyl (C=O) groups excluding carboxylic acids is 2. The van der Waals surface area contributed by atoms with E-state index in [-0.39, 0.29) is 18.3 Å². The van der Waals surface area contributed by atoms with Crippen molar-refractivity contribution >= 4 is 17.6 Å². The topological polar surface area (TPSA) is 107 Å². The van der Waals surface area contributed by atoms with Crippen LogP contribution < -0.4 is 0 Å². The normalized spacial score (nSPS) is 16.7. The van der Waals surface area contributed by atoms with E-state index in [4.69, 9.17) is 14.1 Å². The zero-order valence-corrected chi connectivity index (χ0v) is 21.6. The highest BCUT2D eigenvalue weighted by atomic mass is 16.6. The Kier molecular flexibility index (Phi) is 8.01. The van der Waals surface area contributed by atoms with Gasteiger partial charge in [-0.2, -0.15) is 4.98 Å². The molecular weight excluding hydrogens is 472 g/mol. The third-order valence-electron chi connectivity index (χ3n) is 5.85. The third kappa shape index (κ3) is 6.81. The Morgan fingerprint density at radius 2 is 1.78 bits per heavy atom. The average molecular weight is 505 g/mol. The van der Waals surface area contributed by atoms with Crippen molar-refractivity contribution in [2.45, 2.75) is 58.1 Å². The fourth-order valence-corrected chi connectivity index (χ4v) is 4.23. The summed E-state index contributed by atoms with van der Waals surface area (Å²) in [5.41, 5.74) is 2.88. The van der Waals surface area contributed by atoms with E-state index in [1.54, 1.807) is 4.90 Å². The first-order valence-corrected chi connectivity index (χ1v) is 12.3. The predicted octanol–water partition coefficient (Wildman–Crippen LogP) is 4.99. The van der Waals surface area contributed by atoms with E-state index in [1.165, 1.54) is 7.11 Å². The van der Waals surface area contributed by atoms with Crippen molar-refractivity contribution in [1.29, 1.82) is 0 Å². The lowest BCUT2D eigenvalue weighted by Crippen LogP contribution is -2.31. The maximum Gasteiger partial charge on any atom is 0.306 e. The molecular formula is C28H32N4O5. The molecule has 0 bridgehead atoms. The molecule has 2 heterocycles. The smallest absolute Gasteiger partial charge is 0.306 e. The van der Waals surface area contributed by atoms with Gasteiger partial charge >= 0.3 is 5.97 Å². The van der Waals surface area contributed by atoms with Gasteiger partial charge in [0.1, 0.15) is 18.8 Å². The average Bonchev–Trinajstić information content (AvgIpc) is 3.50. The Morgan fingerprint density at radius 3 is 2.46 bits per heavy atom. The van der Waals surface area contributed by atoms with Crippen LogP contribution in [0.15, 0.2) is 64.3 Å². The van der Waals surface area contributed by atoms with Gasteiger partial charge in [0.25, 0.3) is 5.91 Å². The van der Waals surface area contributed by atoms with Crippen molar-refractivity contribution in [3.05, 3.63) is 71.9 Å². The molecule has 0 N–H and O–H groups in total. The minimum Gasteiger partial charge on any atom is -0.460 e. The molecule has 37 heavy (non-hydrogen) atoms. The number of esters is 1. The van der Waals surface area contributed by atoms with E-state index < -0.39 is 11.6 Å². The quantitative estimate of drug-likeness (QED) is 0.314. The molecule has 1 saturated heterocycles. The fourth-order valence-electron chi connectivity index (χ4n) is 4.23. The van der Waals surface area contributed by atoms with Crippen LogP contribution in [-0.2, 0) is 20.8 Å². The number of aryl methyl sites for hydroxylation is 1. The van der Waals surface area contributed by atoms with Crippen LogP contribution in [0.1, 0.15) is 68.1 Å². The number of nitrogens with zero attached hydrogens (tertiary/aromatic N) is 4. The lowest BCUT2D eigenvalue weighted by atomic mass is 10.0. The van der Waals surface area contributed by atoms with Crippen molar-refractivity contribution < 1.29 is 23.7 Å². The molecule has 1 aromatic heterocycles. The van der Waals surface area contributed by atoms with Gasteiger partial charge in [0, 0.05) is 24.8 Å². The molecule has 9 heteroatoms. The van der Waals surface area contributed by atoms with E-state index in [9.17, 15) is 9.59 Å². The van der Waals surface area contributed by atoms with Gasteiger partial charge in [0.15, 0.2) is 5.82 Å². The SMILES string of the molecule is CON=C1C[C@@H](c2noc(CCCC(=O)OC(C)(C)C)n2)N(C(=O)c2ccc(-c3ccccc3)cc2)C1. The van der Waals surface area contributed by atoms with E-state index in [0.717, 1.165) is 16.8 Å². The summed E-state index contributed by atoms with van der Waals surface area (Å²) in [4.78, 5) is 36.6. The number of carbonyl (C=O) groups is 2. The summed E-state index contributed by atoms with van der Waals surface area (Å²) in [7, 11) is 1.48. The number of oxime groups is 1. The summed E-state index contributed by atoms with van der Waals surface area (Å²) < 4.78 is 10.8. The molecule has 9 nitrogen and oxygen atoms in total. The third-order valence-corrected chi connectivity index (χ3v) is 5.85. The molecule has 1 fully saturated rings. The molecule has 194 valence electrons. The van der Waals surface area contributed by atoms with Crippen LogP contribution in [-0.4, -0.2) is 51.9 Å². The minimum absolute atomic E-state index is 0.151. The Hall–Kier alpha value is -4.01. The molecule has 0 aliphatic carbocycles. The van der Waals surface area contributed by atoms with Gasteiger partial charge in [-0.05, 0) is 50.5 Å². The van der Waals surface area contributed by atoms with E-state index >= 15 is 0 Å². The first kappa shape index (κ1) is 26.1. The van der Waals surface area contributed by atoms with Crippen molar-refractivity contribution in [3.8, 4) is 11.1 Å². The zero-order valence-electron chi connectivity index (χ0n) is 21.6. The summed E-state index contributed by atoms with van der Waals surface area (Å²) >= 11 is 0. The van der Waals surface area contributed by atoms with E-state index in [2.05, 4.69) is 15.3 Å². The van der Waals surface area contributed by atoms with Gasteiger partial charge in [0.05, 0.1) is 12.3 Å². The van der Waals surface area contributed by atoms with Crippen LogP contribution in [0.5, 0.6) is 0 Å². The second kappa shape index (κ2) is 11.4. The van der Waals surface area contributed by atoms with Crippen molar-refractivity contribution in [1.82, 2.24) is 15.0 Å². The van der Waals surface area contributed by atoms with Crippen LogP contribution >= 0.6 is 0 Å². The number of ether oxygens (including phenoxy) is 1. The number of likely N-dealkylation sites (tertiary alicyclic amines) is 1. The summed E-state index contributed by atoms with van der Waals surface area (Å²) in [5.74, 6) is 0.402. The first-order chi connectivity index (χ1) is 17.7. The summed E-state index contributed by atoms with van der Waals surface area (Å²) in [6.45, 7) is 5.81. The molecule has 1 amide bonds. The molecule has 2 aromatic carbocycles. The number of hydrogen-bond donors (Lipinski definition) is 0. The standard InChI is InChI=1S/C28H32N4O5/c1-28(2,3)36-25(33)12-8-11-24-29-26(31-37-24)23-17-22(30-35-4)18-32(23)27(34)21-15-13-20(14-16-21)19-9-6-5-7-10-19/h5-7,9-10,13-16,23H,8,11-12,17-18H2,1-4H3/t23-/m0/s1. The monoisotopic (exact) mass is 504 g/mol. The van der Waals surface area contributed by atoms with E-state index in [0.29, 0.717) is 43.1 Å². The highest BCUT2D eigenvalue weighted by Gasteiger charge is 2.38. The summed E-state index contributed by atoms with van der Waals surface area (Å²) in [6.07, 6.45) is 1.66. The highest BCUT2D eigenvalue weighted by Crippen LogP contribution is 2.31. The maximum absolute atomic E-state index is 13.5. The number of amides is 1. The fraction of sp³-hybridized carbons (Fsp3) is 0.393. The van der Waals surface area contributed by atoms with Crippen molar-refractivity contribution in [2.24, 2.45) is 5.16 Å². The van der Waals surface area contributed by atoms with Crippen LogP contribution in [0.2, 0.25) is 0 Å². The highest BCUT2D eigenvalue weighted by molar-refractivity contribution is 6.00. The number of benzene rings is 2. The molecule has 1 aliphatic heterocycles. The lowest BCUT2D eigenvalue weighted by Gasteiger charge is -2.21. The molecule has 1 aliphatic rings. The van der Waals surface area contributed by atoms with Gasteiger partial charge < -0.3 is 19.0 Å². The van der Waals surface area contributed by atoms with Crippen molar-refractivity contribution in [2.75, 3.05) is 13.7 Å². The molecule has 0 spiro atoms.